The van der Waals surface area contributed by atoms with E-state index in [1.165, 1.54) is 12.1 Å². The molecule has 2 rings (SSSR count). The Morgan fingerprint density at radius 3 is 2.61 bits per heavy atom. The summed E-state index contributed by atoms with van der Waals surface area (Å²) in [5, 5.41) is 3.22. The fourth-order valence-electron chi connectivity index (χ4n) is 2.36. The van der Waals surface area contributed by atoms with Gasteiger partial charge < -0.3 is 5.32 Å². The maximum Gasteiger partial charge on any atom is 0.134 e. The second kappa shape index (κ2) is 5.59. The van der Waals surface area contributed by atoms with E-state index in [2.05, 4.69) is 11.9 Å². The van der Waals surface area contributed by atoms with Crippen LogP contribution in [0.25, 0.3) is 0 Å². The van der Waals surface area contributed by atoms with Crippen LogP contribution in [-0.2, 0) is 0 Å². The van der Waals surface area contributed by atoms with Gasteiger partial charge in [-0.05, 0) is 18.6 Å². The first-order valence-electron chi connectivity index (χ1n) is 6.17. The highest BCUT2D eigenvalue weighted by Crippen LogP contribution is 2.28. The van der Waals surface area contributed by atoms with Crippen LogP contribution in [0, 0.1) is 18.6 Å². The number of nitrogens with one attached hydrogen (secondary N) is 1. The molecule has 98 valence electrons. The second-order valence-corrected chi connectivity index (χ2v) is 4.56. The Hall–Kier alpha value is -1.26. The molecule has 0 amide bonds. The van der Waals surface area contributed by atoms with Crippen molar-refractivity contribution in [1.82, 2.24) is 10.2 Å². The van der Waals surface area contributed by atoms with E-state index in [-0.39, 0.29) is 5.56 Å². The summed E-state index contributed by atoms with van der Waals surface area (Å²) in [6.45, 7) is 8.58. The van der Waals surface area contributed by atoms with Crippen molar-refractivity contribution >= 4 is 0 Å². The molecule has 0 saturated carbocycles. The molecule has 1 N–H and O–H groups in total. The number of piperazine rings is 1. The lowest BCUT2D eigenvalue weighted by atomic mass is 10.0. The first-order chi connectivity index (χ1) is 8.65. The van der Waals surface area contributed by atoms with Crippen molar-refractivity contribution in [1.29, 1.82) is 0 Å². The van der Waals surface area contributed by atoms with Crippen LogP contribution in [-0.4, -0.2) is 31.1 Å². The molecule has 1 fully saturated rings. The maximum atomic E-state index is 14.1. The van der Waals surface area contributed by atoms with Gasteiger partial charge in [0.05, 0.1) is 6.04 Å². The number of benzene rings is 1. The highest BCUT2D eigenvalue weighted by Gasteiger charge is 2.25. The Bertz CT molecular complexity index is 440. The minimum Gasteiger partial charge on any atom is -0.314 e. The highest BCUT2D eigenvalue weighted by molar-refractivity contribution is 5.31. The molecule has 0 radical (unpaired) electrons. The average Bonchev–Trinajstić information content (AvgIpc) is 2.40. The van der Waals surface area contributed by atoms with Crippen LogP contribution in [0.3, 0.4) is 0 Å². The van der Waals surface area contributed by atoms with Crippen LogP contribution in [0.15, 0.2) is 24.8 Å². The normalized spacial score (nSPS) is 18.6. The zero-order chi connectivity index (χ0) is 13.1. The fourth-order valence-corrected chi connectivity index (χ4v) is 2.36. The Morgan fingerprint density at radius 2 is 2.00 bits per heavy atom. The van der Waals surface area contributed by atoms with Crippen molar-refractivity contribution < 1.29 is 8.78 Å². The molecule has 1 aromatic carbocycles. The van der Waals surface area contributed by atoms with Crippen LogP contribution in [0.1, 0.15) is 17.2 Å². The van der Waals surface area contributed by atoms with Crippen molar-refractivity contribution in [3.05, 3.63) is 47.5 Å². The summed E-state index contributed by atoms with van der Waals surface area (Å²) >= 11 is 0. The molecule has 1 saturated heterocycles. The lowest BCUT2D eigenvalue weighted by molar-refractivity contribution is 0.197. The molecule has 4 heteroatoms. The largest absolute Gasteiger partial charge is 0.314 e. The number of halogens is 2. The van der Waals surface area contributed by atoms with Crippen LogP contribution >= 0.6 is 0 Å². The second-order valence-electron chi connectivity index (χ2n) is 4.56. The van der Waals surface area contributed by atoms with Crippen LogP contribution in [0.4, 0.5) is 8.78 Å². The number of nitrogens with zero attached hydrogens (tertiary/aromatic N) is 1. The van der Waals surface area contributed by atoms with Gasteiger partial charge in [0, 0.05) is 31.7 Å². The topological polar surface area (TPSA) is 15.3 Å². The lowest BCUT2D eigenvalue weighted by Crippen LogP contribution is -2.45. The molecule has 0 unspecified atom stereocenters. The molecule has 2 nitrogen and oxygen atoms in total. The van der Waals surface area contributed by atoms with E-state index < -0.39 is 17.7 Å². The molecule has 1 aliphatic rings. The van der Waals surface area contributed by atoms with Gasteiger partial charge in [0.1, 0.15) is 11.6 Å². The van der Waals surface area contributed by atoms with Gasteiger partial charge in [0.2, 0.25) is 0 Å². The van der Waals surface area contributed by atoms with Gasteiger partial charge in [-0.2, -0.15) is 0 Å². The Balaban J connectivity index is 2.37. The van der Waals surface area contributed by atoms with E-state index in [1.54, 1.807) is 13.0 Å². The summed E-state index contributed by atoms with van der Waals surface area (Å²) in [6.07, 6.45) is 1.62. The average molecular weight is 252 g/mol. The van der Waals surface area contributed by atoms with E-state index in [0.29, 0.717) is 5.56 Å². The van der Waals surface area contributed by atoms with E-state index in [4.69, 9.17) is 0 Å². The Labute approximate surface area is 106 Å². The number of hydrogen-bond donors (Lipinski definition) is 1. The third-order valence-corrected chi connectivity index (χ3v) is 3.38. The summed E-state index contributed by atoms with van der Waals surface area (Å²) in [4.78, 5) is 2.05. The molecular formula is C14H18F2N2. The number of aryl methyl sites for hydroxylation is 1. The summed E-state index contributed by atoms with van der Waals surface area (Å²) in [5.74, 6) is -0.958. The Kier molecular flexibility index (Phi) is 4.09. The minimum absolute atomic E-state index is 0.118. The standard InChI is InChI=1S/C14H18F2N2/c1-3-12(18-8-6-17-7-9-18)13-11(15)5-4-10(2)14(13)16/h3-5,12,17H,1,6-9H2,2H3/t12-/m0/s1. The van der Waals surface area contributed by atoms with Crippen LogP contribution in [0.2, 0.25) is 0 Å². The van der Waals surface area contributed by atoms with Gasteiger partial charge in [-0.15, -0.1) is 6.58 Å². The van der Waals surface area contributed by atoms with Crippen molar-refractivity contribution in [3.63, 3.8) is 0 Å². The van der Waals surface area contributed by atoms with Gasteiger partial charge in [-0.25, -0.2) is 8.78 Å². The zero-order valence-corrected chi connectivity index (χ0v) is 10.5. The molecule has 18 heavy (non-hydrogen) atoms. The molecule has 1 aromatic rings. The van der Waals surface area contributed by atoms with Gasteiger partial charge in [-0.1, -0.05) is 12.1 Å². The molecule has 0 aromatic heterocycles. The minimum atomic E-state index is -0.499. The zero-order valence-electron chi connectivity index (χ0n) is 10.5. The van der Waals surface area contributed by atoms with E-state index in [9.17, 15) is 8.78 Å². The molecule has 0 bridgehead atoms. The summed E-state index contributed by atoms with van der Waals surface area (Å²) in [6, 6.07) is 2.39. The molecular weight excluding hydrogens is 234 g/mol. The monoisotopic (exact) mass is 252 g/mol. The van der Waals surface area contributed by atoms with Gasteiger partial charge >= 0.3 is 0 Å². The fraction of sp³-hybridized carbons (Fsp3) is 0.429. The molecule has 0 spiro atoms. The predicted octanol–water partition coefficient (Wildman–Crippen LogP) is 2.41. The van der Waals surface area contributed by atoms with E-state index in [1.807, 2.05) is 4.90 Å². The number of rotatable bonds is 3. The maximum absolute atomic E-state index is 14.1. The van der Waals surface area contributed by atoms with Crippen LogP contribution < -0.4 is 5.32 Å². The Morgan fingerprint density at radius 1 is 1.33 bits per heavy atom. The predicted molar refractivity (Wildman–Crippen MR) is 68.5 cm³/mol. The summed E-state index contributed by atoms with van der Waals surface area (Å²) in [7, 11) is 0. The first kappa shape index (κ1) is 13.2. The van der Waals surface area contributed by atoms with E-state index >= 15 is 0 Å². The summed E-state index contributed by atoms with van der Waals surface area (Å²) < 4.78 is 28.0. The molecule has 1 aliphatic heterocycles. The van der Waals surface area contributed by atoms with Crippen LogP contribution in [0.5, 0.6) is 0 Å². The highest BCUT2D eigenvalue weighted by atomic mass is 19.1. The quantitative estimate of drug-likeness (QED) is 0.831. The molecule has 1 atom stereocenters. The van der Waals surface area contributed by atoms with Gasteiger partial charge in [0.15, 0.2) is 0 Å². The summed E-state index contributed by atoms with van der Waals surface area (Å²) in [5.41, 5.74) is 0.584. The third kappa shape index (κ3) is 2.44. The molecule has 0 aliphatic carbocycles. The van der Waals surface area contributed by atoms with Crippen molar-refractivity contribution in [3.8, 4) is 0 Å². The smallest absolute Gasteiger partial charge is 0.134 e. The SMILES string of the molecule is C=C[C@@H](c1c(F)ccc(C)c1F)N1CCNCC1. The number of hydrogen-bond acceptors (Lipinski definition) is 2. The van der Waals surface area contributed by atoms with Crippen molar-refractivity contribution in [2.75, 3.05) is 26.2 Å². The molecule has 1 heterocycles. The van der Waals surface area contributed by atoms with Gasteiger partial charge in [0.25, 0.3) is 0 Å². The van der Waals surface area contributed by atoms with Gasteiger partial charge in [-0.3, -0.25) is 4.90 Å². The first-order valence-corrected chi connectivity index (χ1v) is 6.17. The van der Waals surface area contributed by atoms with Crippen molar-refractivity contribution in [2.24, 2.45) is 0 Å². The van der Waals surface area contributed by atoms with Crippen molar-refractivity contribution in [2.45, 2.75) is 13.0 Å². The lowest BCUT2D eigenvalue weighted by Gasteiger charge is -2.33. The third-order valence-electron chi connectivity index (χ3n) is 3.38. The van der Waals surface area contributed by atoms with E-state index in [0.717, 1.165) is 26.2 Å².